The number of methoxy groups -OCH3 is 1. The topological polar surface area (TPSA) is 114 Å². The van der Waals surface area contributed by atoms with Gasteiger partial charge in [-0.05, 0) is 29.3 Å². The van der Waals surface area contributed by atoms with E-state index in [1.54, 1.807) is 13.3 Å². The first-order valence-electron chi connectivity index (χ1n) is 9.96. The molecule has 0 atom stereocenters. The van der Waals surface area contributed by atoms with Gasteiger partial charge in [0.05, 0.1) is 12.8 Å². The maximum absolute atomic E-state index is 12.3. The first-order chi connectivity index (χ1) is 14.9. The van der Waals surface area contributed by atoms with Crippen LogP contribution in [0.3, 0.4) is 0 Å². The monoisotopic (exact) mass is 440 g/mol. The zero-order valence-electron chi connectivity index (χ0n) is 17.9. The molecule has 3 rings (SSSR count). The molecule has 0 bridgehead atoms. The number of hydrogen-bond donors (Lipinski definition) is 4. The lowest BCUT2D eigenvalue weighted by atomic mass is 9.82. The standard InChI is InChI=1S/C22H28N6O2S/c1-22(2,16-5-7-17(30-3)8-6-16)18-14-31-21(27-18)28-20(29)26-13-15-4-9-19(25-12-15)24-11-10-23/h4-9,12,14H,10-11,13,23H2,1-3H3,(H,24,25)(H2,26,27,28,29). The number of benzene rings is 1. The highest BCUT2D eigenvalue weighted by Crippen LogP contribution is 2.34. The minimum atomic E-state index is -0.312. The van der Waals surface area contributed by atoms with Gasteiger partial charge in [0.1, 0.15) is 11.6 Å². The summed E-state index contributed by atoms with van der Waals surface area (Å²) in [7, 11) is 1.65. The van der Waals surface area contributed by atoms with Crippen LogP contribution < -0.4 is 26.4 Å². The second-order valence-electron chi connectivity index (χ2n) is 7.47. The molecule has 0 unspecified atom stereocenters. The molecule has 1 aromatic carbocycles. The lowest BCUT2D eigenvalue weighted by Gasteiger charge is -2.23. The maximum Gasteiger partial charge on any atom is 0.321 e. The number of amides is 2. The van der Waals surface area contributed by atoms with Crippen molar-refractivity contribution in [2.75, 3.05) is 30.8 Å². The van der Waals surface area contributed by atoms with E-state index in [2.05, 4.69) is 39.8 Å². The number of rotatable bonds is 9. The van der Waals surface area contributed by atoms with Gasteiger partial charge in [-0.1, -0.05) is 32.0 Å². The van der Waals surface area contributed by atoms with Crippen molar-refractivity contribution in [3.05, 3.63) is 64.8 Å². The first-order valence-corrected chi connectivity index (χ1v) is 10.8. The Balaban J connectivity index is 1.55. The summed E-state index contributed by atoms with van der Waals surface area (Å²) in [5, 5.41) is 11.2. The second kappa shape index (κ2) is 10.2. The van der Waals surface area contributed by atoms with Gasteiger partial charge in [-0.15, -0.1) is 11.3 Å². The Morgan fingerprint density at radius 1 is 1.19 bits per heavy atom. The summed E-state index contributed by atoms with van der Waals surface area (Å²) in [6, 6.07) is 11.4. The molecule has 0 aliphatic rings. The van der Waals surface area contributed by atoms with Crippen molar-refractivity contribution in [1.82, 2.24) is 15.3 Å². The molecule has 2 heterocycles. The first kappa shape index (κ1) is 22.5. The molecule has 31 heavy (non-hydrogen) atoms. The predicted molar refractivity (Wildman–Crippen MR) is 125 cm³/mol. The second-order valence-corrected chi connectivity index (χ2v) is 8.32. The zero-order chi connectivity index (χ0) is 22.3. The number of pyridine rings is 1. The molecule has 0 aliphatic heterocycles. The molecule has 0 spiro atoms. The molecule has 0 fully saturated rings. The Morgan fingerprint density at radius 3 is 2.61 bits per heavy atom. The normalized spacial score (nSPS) is 11.1. The van der Waals surface area contributed by atoms with Crippen LogP contribution in [0.5, 0.6) is 5.75 Å². The molecule has 9 heteroatoms. The minimum Gasteiger partial charge on any atom is -0.497 e. The number of carbonyl (C=O) groups excluding carboxylic acids is 1. The summed E-state index contributed by atoms with van der Waals surface area (Å²) in [6.07, 6.45) is 1.72. The van der Waals surface area contributed by atoms with Gasteiger partial charge in [-0.3, -0.25) is 5.32 Å². The number of anilines is 2. The van der Waals surface area contributed by atoms with Crippen LogP contribution in [-0.2, 0) is 12.0 Å². The Kier molecular flexibility index (Phi) is 7.43. The van der Waals surface area contributed by atoms with Gasteiger partial charge in [0, 0.05) is 36.6 Å². The number of carbonyl (C=O) groups is 1. The van der Waals surface area contributed by atoms with Gasteiger partial charge in [0.15, 0.2) is 5.13 Å². The van der Waals surface area contributed by atoms with E-state index in [9.17, 15) is 4.79 Å². The fraction of sp³-hybridized carbons (Fsp3) is 0.318. The molecular weight excluding hydrogens is 412 g/mol. The molecule has 3 aromatic rings. The number of nitrogens with zero attached hydrogens (tertiary/aromatic N) is 2. The van der Waals surface area contributed by atoms with Crippen molar-refractivity contribution < 1.29 is 9.53 Å². The van der Waals surface area contributed by atoms with Crippen molar-refractivity contribution in [1.29, 1.82) is 0 Å². The van der Waals surface area contributed by atoms with Gasteiger partial charge in [0.2, 0.25) is 0 Å². The molecular formula is C22H28N6O2S. The fourth-order valence-corrected chi connectivity index (χ4v) is 3.80. The van der Waals surface area contributed by atoms with Crippen molar-refractivity contribution in [2.45, 2.75) is 25.8 Å². The molecule has 0 radical (unpaired) electrons. The van der Waals surface area contributed by atoms with E-state index in [4.69, 9.17) is 10.5 Å². The van der Waals surface area contributed by atoms with E-state index in [-0.39, 0.29) is 11.4 Å². The van der Waals surface area contributed by atoms with Crippen LogP contribution in [0.15, 0.2) is 48.0 Å². The van der Waals surface area contributed by atoms with Crippen LogP contribution in [0.4, 0.5) is 15.7 Å². The summed E-state index contributed by atoms with van der Waals surface area (Å²) >= 11 is 1.40. The summed E-state index contributed by atoms with van der Waals surface area (Å²) in [5.41, 5.74) is 8.07. The Hall–Kier alpha value is -3.17. The average molecular weight is 441 g/mol. The summed E-state index contributed by atoms with van der Waals surface area (Å²) in [5.74, 6) is 1.57. The Bertz CT molecular complexity index is 986. The molecule has 2 aromatic heterocycles. The quantitative estimate of drug-likeness (QED) is 0.404. The van der Waals surface area contributed by atoms with E-state index in [1.165, 1.54) is 11.3 Å². The van der Waals surface area contributed by atoms with E-state index in [1.807, 2.05) is 41.8 Å². The fourth-order valence-electron chi connectivity index (χ4n) is 2.93. The van der Waals surface area contributed by atoms with Gasteiger partial charge >= 0.3 is 6.03 Å². The molecule has 2 amide bonds. The zero-order valence-corrected chi connectivity index (χ0v) is 18.8. The van der Waals surface area contributed by atoms with Crippen LogP contribution in [0.25, 0.3) is 0 Å². The van der Waals surface area contributed by atoms with E-state index in [0.29, 0.717) is 24.8 Å². The lowest BCUT2D eigenvalue weighted by molar-refractivity contribution is 0.251. The minimum absolute atomic E-state index is 0.301. The molecule has 8 nitrogen and oxygen atoms in total. The number of nitrogens with two attached hydrogens (primary N) is 1. The Morgan fingerprint density at radius 2 is 1.97 bits per heavy atom. The van der Waals surface area contributed by atoms with Gasteiger partial charge < -0.3 is 21.1 Å². The van der Waals surface area contributed by atoms with Crippen molar-refractivity contribution in [2.24, 2.45) is 5.73 Å². The van der Waals surface area contributed by atoms with Crippen LogP contribution in [0, 0.1) is 0 Å². The van der Waals surface area contributed by atoms with Gasteiger partial charge in [-0.2, -0.15) is 0 Å². The molecule has 0 aliphatic carbocycles. The van der Waals surface area contributed by atoms with Gasteiger partial charge in [0.25, 0.3) is 0 Å². The van der Waals surface area contributed by atoms with Crippen LogP contribution in [0.1, 0.15) is 30.7 Å². The number of hydrogen-bond acceptors (Lipinski definition) is 7. The number of urea groups is 1. The average Bonchev–Trinajstić information content (AvgIpc) is 3.26. The van der Waals surface area contributed by atoms with Gasteiger partial charge in [-0.25, -0.2) is 14.8 Å². The van der Waals surface area contributed by atoms with E-state index < -0.39 is 0 Å². The highest BCUT2D eigenvalue weighted by Gasteiger charge is 2.26. The number of ether oxygens (including phenoxy) is 1. The van der Waals surface area contributed by atoms with Crippen molar-refractivity contribution in [3.8, 4) is 5.75 Å². The summed E-state index contributed by atoms with van der Waals surface area (Å²) < 4.78 is 5.23. The predicted octanol–water partition coefficient (Wildman–Crippen LogP) is 3.56. The maximum atomic E-state index is 12.3. The lowest BCUT2D eigenvalue weighted by Crippen LogP contribution is -2.28. The Labute approximate surface area is 186 Å². The summed E-state index contributed by atoms with van der Waals surface area (Å²) in [6.45, 7) is 5.78. The number of aromatic nitrogens is 2. The number of nitrogens with one attached hydrogen (secondary N) is 3. The van der Waals surface area contributed by atoms with Crippen LogP contribution >= 0.6 is 11.3 Å². The third-order valence-electron chi connectivity index (χ3n) is 4.90. The molecule has 5 N–H and O–H groups in total. The van der Waals surface area contributed by atoms with Crippen LogP contribution in [0.2, 0.25) is 0 Å². The largest absolute Gasteiger partial charge is 0.497 e. The van der Waals surface area contributed by atoms with Crippen molar-refractivity contribution >= 4 is 28.3 Å². The van der Waals surface area contributed by atoms with Crippen molar-refractivity contribution in [3.63, 3.8) is 0 Å². The number of thiazole rings is 1. The highest BCUT2D eigenvalue weighted by atomic mass is 32.1. The smallest absolute Gasteiger partial charge is 0.321 e. The molecule has 0 saturated carbocycles. The third-order valence-corrected chi connectivity index (χ3v) is 5.66. The molecule has 0 saturated heterocycles. The van der Waals surface area contributed by atoms with Crippen LogP contribution in [-0.4, -0.2) is 36.2 Å². The highest BCUT2D eigenvalue weighted by molar-refractivity contribution is 7.13. The van der Waals surface area contributed by atoms with E-state index in [0.717, 1.165) is 28.4 Å². The summed E-state index contributed by atoms with van der Waals surface area (Å²) in [4.78, 5) is 21.2. The third kappa shape index (κ3) is 5.93. The SMILES string of the molecule is COc1ccc(C(C)(C)c2csc(NC(=O)NCc3ccc(NCCN)nc3)n2)cc1. The molecule has 164 valence electrons. The van der Waals surface area contributed by atoms with E-state index >= 15 is 0 Å².